The second-order valence-corrected chi connectivity index (χ2v) is 10.3. The van der Waals surface area contributed by atoms with Crippen LogP contribution in [0.25, 0.3) is 0 Å². The molecule has 2 saturated carbocycles. The number of hydrogen-bond acceptors (Lipinski definition) is 1. The smallest absolute Gasteiger partial charge is 0.0565 e. The molecule has 0 heterocycles. The number of rotatable bonds is 3. The summed E-state index contributed by atoms with van der Waals surface area (Å²) in [6.45, 7) is 6.92. The third-order valence-corrected chi connectivity index (χ3v) is 7.60. The molecule has 0 aliphatic heterocycles. The highest BCUT2D eigenvalue weighted by Crippen LogP contribution is 2.43. The van der Waals surface area contributed by atoms with Gasteiger partial charge in [-0.05, 0) is 79.9 Å². The first kappa shape index (κ1) is 20.8. The van der Waals surface area contributed by atoms with E-state index >= 15 is 0 Å². The number of nitrogens with two attached hydrogens (primary N) is 1. The first-order chi connectivity index (χ1) is 12.8. The van der Waals surface area contributed by atoms with Crippen LogP contribution in [0.2, 0.25) is 5.02 Å². The van der Waals surface area contributed by atoms with Crippen LogP contribution in [-0.2, 0) is 0 Å². The summed E-state index contributed by atoms with van der Waals surface area (Å²) in [6, 6.07) is 6.75. The standard InChI is InChI=1S/C25H36ClN/c1-19(27)25(13-5-4-6-14-25)15-7-8-21-9-10-22(18-23(21)26)20-11-16-24(2,3)17-12-20/h9-10,18-20H,4-6,11-17,27H2,1-3H3. The van der Waals surface area contributed by atoms with Gasteiger partial charge in [0.05, 0.1) is 5.02 Å². The molecule has 3 rings (SSSR count). The molecule has 2 fully saturated rings. The van der Waals surface area contributed by atoms with E-state index < -0.39 is 0 Å². The van der Waals surface area contributed by atoms with E-state index in [0.717, 1.165) is 17.0 Å². The van der Waals surface area contributed by atoms with E-state index in [9.17, 15) is 0 Å². The molecular formula is C25H36ClN. The Morgan fingerprint density at radius 1 is 1.11 bits per heavy atom. The zero-order valence-electron chi connectivity index (χ0n) is 17.4. The van der Waals surface area contributed by atoms with Crippen molar-refractivity contribution >= 4 is 11.6 Å². The summed E-state index contributed by atoms with van der Waals surface area (Å²) in [5.74, 6) is 7.43. The Kier molecular flexibility index (Phi) is 6.60. The molecule has 2 heteroatoms. The first-order valence-corrected chi connectivity index (χ1v) is 11.2. The first-order valence-electron chi connectivity index (χ1n) is 10.9. The monoisotopic (exact) mass is 385 g/mol. The molecule has 0 radical (unpaired) electrons. The van der Waals surface area contributed by atoms with Gasteiger partial charge >= 0.3 is 0 Å². The summed E-state index contributed by atoms with van der Waals surface area (Å²) in [5.41, 5.74) is 9.40. The third-order valence-electron chi connectivity index (χ3n) is 7.28. The molecule has 2 aliphatic rings. The van der Waals surface area contributed by atoms with Gasteiger partial charge < -0.3 is 5.73 Å². The van der Waals surface area contributed by atoms with E-state index in [-0.39, 0.29) is 11.5 Å². The second kappa shape index (κ2) is 8.59. The van der Waals surface area contributed by atoms with Gasteiger partial charge in [0.1, 0.15) is 0 Å². The molecule has 0 saturated heterocycles. The van der Waals surface area contributed by atoms with E-state index in [1.165, 1.54) is 63.4 Å². The van der Waals surface area contributed by atoms with Crippen molar-refractivity contribution in [3.63, 3.8) is 0 Å². The Labute approximate surface area is 171 Å². The zero-order valence-corrected chi connectivity index (χ0v) is 18.2. The molecule has 1 aromatic rings. The van der Waals surface area contributed by atoms with Crippen molar-refractivity contribution in [1.82, 2.24) is 0 Å². The predicted molar refractivity (Wildman–Crippen MR) is 117 cm³/mol. The molecule has 1 atom stereocenters. The fraction of sp³-hybridized carbons (Fsp3) is 0.680. The lowest BCUT2D eigenvalue weighted by Crippen LogP contribution is -2.40. The SMILES string of the molecule is CC(N)C1(CC#Cc2ccc(C3CCC(C)(C)CC3)cc2Cl)CCCCC1. The van der Waals surface area contributed by atoms with Gasteiger partial charge in [-0.15, -0.1) is 0 Å². The van der Waals surface area contributed by atoms with E-state index in [1.807, 2.05) is 0 Å². The Morgan fingerprint density at radius 3 is 2.37 bits per heavy atom. The summed E-state index contributed by atoms with van der Waals surface area (Å²) in [7, 11) is 0. The van der Waals surface area contributed by atoms with Gasteiger partial charge in [0.15, 0.2) is 0 Å². The average molecular weight is 386 g/mol. The summed E-state index contributed by atoms with van der Waals surface area (Å²) in [6.07, 6.45) is 12.4. The van der Waals surface area contributed by atoms with Crippen LogP contribution in [0.15, 0.2) is 18.2 Å². The van der Waals surface area contributed by atoms with Crippen LogP contribution in [0.3, 0.4) is 0 Å². The molecule has 0 aromatic heterocycles. The Bertz CT molecular complexity index is 691. The van der Waals surface area contributed by atoms with Crippen molar-refractivity contribution in [2.45, 2.75) is 96.9 Å². The molecule has 148 valence electrons. The number of hydrogen-bond donors (Lipinski definition) is 1. The molecule has 0 amide bonds. The zero-order chi connectivity index (χ0) is 19.5. The minimum Gasteiger partial charge on any atom is -0.327 e. The lowest BCUT2D eigenvalue weighted by molar-refractivity contribution is 0.159. The predicted octanol–water partition coefficient (Wildman–Crippen LogP) is 7.06. The highest BCUT2D eigenvalue weighted by Gasteiger charge is 2.34. The quantitative estimate of drug-likeness (QED) is 0.553. The average Bonchev–Trinajstić information content (AvgIpc) is 2.64. The fourth-order valence-corrected chi connectivity index (χ4v) is 5.22. The maximum Gasteiger partial charge on any atom is 0.0565 e. The van der Waals surface area contributed by atoms with Crippen molar-refractivity contribution in [2.24, 2.45) is 16.6 Å². The molecule has 0 bridgehead atoms. The van der Waals surface area contributed by atoms with Crippen LogP contribution in [0.5, 0.6) is 0 Å². The van der Waals surface area contributed by atoms with Gasteiger partial charge in [0.25, 0.3) is 0 Å². The van der Waals surface area contributed by atoms with Crippen LogP contribution in [0.4, 0.5) is 0 Å². The molecule has 1 aromatic carbocycles. The summed E-state index contributed by atoms with van der Waals surface area (Å²) in [5, 5.41) is 0.809. The van der Waals surface area contributed by atoms with Gasteiger partial charge in [0, 0.05) is 18.0 Å². The largest absolute Gasteiger partial charge is 0.327 e. The summed E-state index contributed by atoms with van der Waals surface area (Å²) in [4.78, 5) is 0. The fourth-order valence-electron chi connectivity index (χ4n) is 4.98. The minimum atomic E-state index is 0.201. The van der Waals surface area contributed by atoms with Crippen LogP contribution >= 0.6 is 11.6 Å². The van der Waals surface area contributed by atoms with Crippen molar-refractivity contribution < 1.29 is 0 Å². The molecule has 0 spiro atoms. The Balaban J connectivity index is 1.67. The van der Waals surface area contributed by atoms with Crippen LogP contribution in [0.1, 0.15) is 102 Å². The second-order valence-electron chi connectivity index (χ2n) is 9.87. The van der Waals surface area contributed by atoms with Crippen LogP contribution < -0.4 is 5.73 Å². The van der Waals surface area contributed by atoms with Gasteiger partial charge in [0.2, 0.25) is 0 Å². The van der Waals surface area contributed by atoms with Crippen LogP contribution in [-0.4, -0.2) is 6.04 Å². The molecule has 27 heavy (non-hydrogen) atoms. The van der Waals surface area contributed by atoms with Gasteiger partial charge in [-0.25, -0.2) is 0 Å². The molecule has 1 unspecified atom stereocenters. The lowest BCUT2D eigenvalue weighted by atomic mass is 9.68. The minimum absolute atomic E-state index is 0.201. The number of benzene rings is 1. The van der Waals surface area contributed by atoms with Crippen molar-refractivity contribution in [3.8, 4) is 11.8 Å². The maximum absolute atomic E-state index is 6.60. The van der Waals surface area contributed by atoms with Crippen molar-refractivity contribution in [1.29, 1.82) is 0 Å². The molecule has 2 aliphatic carbocycles. The highest BCUT2D eigenvalue weighted by atomic mass is 35.5. The summed E-state index contributed by atoms with van der Waals surface area (Å²) >= 11 is 6.60. The molecule has 2 N–H and O–H groups in total. The summed E-state index contributed by atoms with van der Waals surface area (Å²) < 4.78 is 0. The van der Waals surface area contributed by atoms with Gasteiger partial charge in [-0.3, -0.25) is 0 Å². The molecular weight excluding hydrogens is 350 g/mol. The van der Waals surface area contributed by atoms with E-state index in [1.54, 1.807) is 0 Å². The maximum atomic E-state index is 6.60. The van der Waals surface area contributed by atoms with Crippen molar-refractivity contribution in [3.05, 3.63) is 34.3 Å². The van der Waals surface area contributed by atoms with Crippen LogP contribution in [0, 0.1) is 22.7 Å². The Hall–Kier alpha value is -0.970. The van der Waals surface area contributed by atoms with E-state index in [0.29, 0.717) is 11.3 Å². The molecule has 1 nitrogen and oxygen atoms in total. The number of halogens is 1. The van der Waals surface area contributed by atoms with E-state index in [4.69, 9.17) is 17.3 Å². The Morgan fingerprint density at radius 2 is 1.78 bits per heavy atom. The van der Waals surface area contributed by atoms with Gasteiger partial charge in [-0.2, -0.15) is 0 Å². The van der Waals surface area contributed by atoms with E-state index in [2.05, 4.69) is 50.8 Å². The normalized spacial score (nSPS) is 23.3. The lowest BCUT2D eigenvalue weighted by Gasteiger charge is -2.39. The third kappa shape index (κ3) is 5.10. The van der Waals surface area contributed by atoms with Gasteiger partial charge in [-0.1, -0.05) is 62.6 Å². The highest BCUT2D eigenvalue weighted by molar-refractivity contribution is 6.31. The van der Waals surface area contributed by atoms with Crippen molar-refractivity contribution in [2.75, 3.05) is 0 Å². The topological polar surface area (TPSA) is 26.0 Å².